The Hall–Kier alpha value is -2.02. The molecule has 1 aliphatic heterocycles. The van der Waals surface area contributed by atoms with Crippen molar-refractivity contribution < 1.29 is 9.59 Å². The van der Waals surface area contributed by atoms with E-state index in [1.54, 1.807) is 55.5 Å². The Morgan fingerprint density at radius 2 is 1.81 bits per heavy atom. The average molecular weight is 408 g/mol. The molecule has 0 aromatic heterocycles. The quantitative estimate of drug-likeness (QED) is 0.813. The fraction of sp³-hybridized carbons (Fsp3) is 0.167. The standard InChI is InChI=1S/C18H15Cl2N3O2S/c1-11(17(25)22-14-8-4-2-6-12(14)19)26-18-21-10-16(24)23(18)15-9-5-3-7-13(15)20/h2-9,11H,10H2,1H3,(H,22,25)/t11-/m0/s1. The summed E-state index contributed by atoms with van der Waals surface area (Å²) < 4.78 is 0. The van der Waals surface area contributed by atoms with Gasteiger partial charge in [-0.1, -0.05) is 59.2 Å². The summed E-state index contributed by atoms with van der Waals surface area (Å²) in [6.45, 7) is 1.78. The van der Waals surface area contributed by atoms with Crippen LogP contribution in [0.15, 0.2) is 53.5 Å². The lowest BCUT2D eigenvalue weighted by Gasteiger charge is -2.21. The minimum atomic E-state index is -0.485. The first kappa shape index (κ1) is 18.8. The minimum Gasteiger partial charge on any atom is -0.324 e. The molecule has 1 atom stereocenters. The third-order valence-electron chi connectivity index (χ3n) is 3.67. The Balaban J connectivity index is 1.73. The number of para-hydroxylation sites is 2. The van der Waals surface area contributed by atoms with Crippen molar-refractivity contribution in [2.45, 2.75) is 12.2 Å². The van der Waals surface area contributed by atoms with Crippen molar-refractivity contribution in [1.82, 2.24) is 0 Å². The van der Waals surface area contributed by atoms with Gasteiger partial charge in [-0.2, -0.15) is 0 Å². The summed E-state index contributed by atoms with van der Waals surface area (Å²) in [4.78, 5) is 30.4. The minimum absolute atomic E-state index is 0.0341. The van der Waals surface area contributed by atoms with Crippen LogP contribution in [0.4, 0.5) is 11.4 Å². The Bertz CT molecular complexity index is 888. The molecule has 8 heteroatoms. The Morgan fingerprint density at radius 3 is 2.50 bits per heavy atom. The molecule has 134 valence electrons. The summed E-state index contributed by atoms with van der Waals surface area (Å²) in [7, 11) is 0. The van der Waals surface area contributed by atoms with Crippen LogP contribution in [-0.4, -0.2) is 28.8 Å². The molecular formula is C18H15Cl2N3O2S. The number of amidine groups is 1. The van der Waals surface area contributed by atoms with E-state index in [0.29, 0.717) is 26.6 Å². The number of halogens is 2. The fourth-order valence-electron chi connectivity index (χ4n) is 2.35. The number of hydrogen-bond donors (Lipinski definition) is 1. The zero-order chi connectivity index (χ0) is 18.7. The van der Waals surface area contributed by atoms with E-state index in [2.05, 4.69) is 10.3 Å². The largest absolute Gasteiger partial charge is 0.324 e. The number of aliphatic imine (C=N–C) groups is 1. The summed E-state index contributed by atoms with van der Waals surface area (Å²) in [6, 6.07) is 14.0. The van der Waals surface area contributed by atoms with Crippen molar-refractivity contribution in [2.24, 2.45) is 4.99 Å². The molecule has 0 saturated carbocycles. The van der Waals surface area contributed by atoms with E-state index in [4.69, 9.17) is 23.2 Å². The molecule has 0 unspecified atom stereocenters. The lowest BCUT2D eigenvalue weighted by molar-refractivity contribution is -0.116. The zero-order valence-electron chi connectivity index (χ0n) is 13.8. The predicted molar refractivity (Wildman–Crippen MR) is 108 cm³/mol. The van der Waals surface area contributed by atoms with Crippen LogP contribution in [-0.2, 0) is 9.59 Å². The van der Waals surface area contributed by atoms with Gasteiger partial charge in [-0.15, -0.1) is 0 Å². The smallest absolute Gasteiger partial charge is 0.254 e. The van der Waals surface area contributed by atoms with Gasteiger partial charge < -0.3 is 5.32 Å². The van der Waals surface area contributed by atoms with Crippen molar-refractivity contribution in [3.05, 3.63) is 58.6 Å². The van der Waals surface area contributed by atoms with E-state index >= 15 is 0 Å². The highest BCUT2D eigenvalue weighted by atomic mass is 35.5. The number of amides is 2. The van der Waals surface area contributed by atoms with Crippen LogP contribution < -0.4 is 10.2 Å². The molecule has 0 spiro atoms. The van der Waals surface area contributed by atoms with E-state index in [9.17, 15) is 9.59 Å². The maximum Gasteiger partial charge on any atom is 0.254 e. The fourth-order valence-corrected chi connectivity index (χ4v) is 3.68. The Kier molecular flexibility index (Phi) is 5.86. The van der Waals surface area contributed by atoms with Gasteiger partial charge in [0.15, 0.2) is 5.17 Å². The van der Waals surface area contributed by atoms with Crippen molar-refractivity contribution in [1.29, 1.82) is 0 Å². The molecule has 2 amide bonds. The summed E-state index contributed by atoms with van der Waals surface area (Å²) >= 11 is 13.5. The monoisotopic (exact) mass is 407 g/mol. The molecule has 0 saturated heterocycles. The number of carbonyl (C=O) groups excluding carboxylic acids is 2. The van der Waals surface area contributed by atoms with Crippen LogP contribution in [0.5, 0.6) is 0 Å². The number of nitrogens with zero attached hydrogens (tertiary/aromatic N) is 2. The maximum absolute atomic E-state index is 12.5. The molecular weight excluding hydrogens is 393 g/mol. The van der Waals surface area contributed by atoms with E-state index < -0.39 is 5.25 Å². The van der Waals surface area contributed by atoms with Gasteiger partial charge in [0.25, 0.3) is 5.91 Å². The molecule has 1 aliphatic rings. The van der Waals surface area contributed by atoms with Gasteiger partial charge in [0.1, 0.15) is 6.54 Å². The molecule has 0 fully saturated rings. The molecule has 1 heterocycles. The molecule has 0 radical (unpaired) electrons. The van der Waals surface area contributed by atoms with Crippen molar-refractivity contribution in [3.8, 4) is 0 Å². The van der Waals surface area contributed by atoms with E-state index in [0.717, 1.165) is 0 Å². The molecule has 1 N–H and O–H groups in total. The second-order valence-electron chi connectivity index (χ2n) is 5.51. The zero-order valence-corrected chi connectivity index (χ0v) is 16.1. The Labute approximate surface area is 165 Å². The summed E-state index contributed by atoms with van der Waals surface area (Å²) in [5.74, 6) is -0.413. The van der Waals surface area contributed by atoms with E-state index in [-0.39, 0.29) is 18.4 Å². The molecule has 5 nitrogen and oxygen atoms in total. The summed E-state index contributed by atoms with van der Waals surface area (Å²) in [5.41, 5.74) is 1.10. The highest BCUT2D eigenvalue weighted by molar-refractivity contribution is 8.15. The third-order valence-corrected chi connectivity index (χ3v) is 5.41. The number of thioether (sulfide) groups is 1. The number of nitrogens with one attached hydrogen (secondary N) is 1. The van der Waals surface area contributed by atoms with E-state index in [1.807, 2.05) is 0 Å². The van der Waals surface area contributed by atoms with Gasteiger partial charge in [-0.3, -0.25) is 19.5 Å². The van der Waals surface area contributed by atoms with Crippen molar-refractivity contribution in [3.63, 3.8) is 0 Å². The van der Waals surface area contributed by atoms with Crippen LogP contribution in [0.1, 0.15) is 6.92 Å². The number of hydrogen-bond acceptors (Lipinski definition) is 4. The summed E-state index contributed by atoms with van der Waals surface area (Å²) in [5, 5.41) is 3.66. The van der Waals surface area contributed by atoms with Crippen molar-refractivity contribution in [2.75, 3.05) is 16.8 Å². The molecule has 2 aromatic rings. The molecule has 2 aromatic carbocycles. The SMILES string of the molecule is C[C@H](SC1=NCC(=O)N1c1ccccc1Cl)C(=O)Nc1ccccc1Cl. The van der Waals surface area contributed by atoms with Crippen LogP contribution in [0.3, 0.4) is 0 Å². The first-order valence-corrected chi connectivity index (χ1v) is 9.45. The van der Waals surface area contributed by atoms with Crippen LogP contribution in [0.25, 0.3) is 0 Å². The van der Waals surface area contributed by atoms with E-state index in [1.165, 1.54) is 16.7 Å². The predicted octanol–water partition coefficient (Wildman–Crippen LogP) is 4.46. The molecule has 26 heavy (non-hydrogen) atoms. The van der Waals surface area contributed by atoms with Gasteiger partial charge in [-0.05, 0) is 31.2 Å². The highest BCUT2D eigenvalue weighted by Gasteiger charge is 2.31. The molecule has 3 rings (SSSR count). The lowest BCUT2D eigenvalue weighted by atomic mass is 10.3. The first-order valence-electron chi connectivity index (χ1n) is 7.81. The summed E-state index contributed by atoms with van der Waals surface area (Å²) in [6.07, 6.45) is 0. The Morgan fingerprint density at radius 1 is 1.15 bits per heavy atom. The van der Waals surface area contributed by atoms with Gasteiger partial charge in [0.05, 0.1) is 26.7 Å². The topological polar surface area (TPSA) is 61.8 Å². The average Bonchev–Trinajstić information content (AvgIpc) is 2.97. The van der Waals surface area contributed by atoms with Crippen LogP contribution in [0, 0.1) is 0 Å². The lowest BCUT2D eigenvalue weighted by Crippen LogP contribution is -2.33. The van der Waals surface area contributed by atoms with Crippen LogP contribution in [0.2, 0.25) is 10.0 Å². The maximum atomic E-state index is 12.5. The van der Waals surface area contributed by atoms with Crippen LogP contribution >= 0.6 is 35.0 Å². The van der Waals surface area contributed by atoms with Gasteiger partial charge in [-0.25, -0.2) is 0 Å². The highest BCUT2D eigenvalue weighted by Crippen LogP contribution is 2.32. The second kappa shape index (κ2) is 8.12. The normalized spacial score (nSPS) is 15.0. The second-order valence-corrected chi connectivity index (χ2v) is 7.63. The molecule has 0 aliphatic carbocycles. The third kappa shape index (κ3) is 4.03. The number of rotatable bonds is 4. The van der Waals surface area contributed by atoms with Gasteiger partial charge in [0.2, 0.25) is 5.91 Å². The first-order chi connectivity index (χ1) is 12.5. The van der Waals surface area contributed by atoms with Crippen molar-refractivity contribution >= 4 is 63.3 Å². The number of benzene rings is 2. The molecule has 0 bridgehead atoms. The van der Waals surface area contributed by atoms with Gasteiger partial charge in [0, 0.05) is 0 Å². The number of anilines is 2. The van der Waals surface area contributed by atoms with Gasteiger partial charge >= 0.3 is 0 Å². The number of carbonyl (C=O) groups is 2.